The Balaban J connectivity index is 1.84. The molecule has 17 heavy (non-hydrogen) atoms. The molecule has 0 atom stereocenters. The molecule has 0 amide bonds. The van der Waals surface area contributed by atoms with Crippen LogP contribution < -0.4 is 0 Å². The first-order valence-corrected chi connectivity index (χ1v) is 7.34. The van der Waals surface area contributed by atoms with E-state index in [-0.39, 0.29) is 0 Å². The topological polar surface area (TPSA) is 21.1 Å². The molecular weight excluding hydrogens is 278 g/mol. The van der Waals surface area contributed by atoms with Crippen LogP contribution in [0.2, 0.25) is 0 Å². The Labute approximate surface area is 112 Å². The lowest BCUT2D eigenvalue weighted by molar-refractivity contribution is 0.205. The molecule has 4 heteroatoms. The lowest BCUT2D eigenvalue weighted by Crippen LogP contribution is -2.34. The minimum atomic E-state index is 0.768. The van der Waals surface area contributed by atoms with Crippen molar-refractivity contribution < 1.29 is 0 Å². The maximum absolute atomic E-state index is 4.49. The molecule has 0 bridgehead atoms. The van der Waals surface area contributed by atoms with Crippen LogP contribution in [-0.4, -0.2) is 33.1 Å². The van der Waals surface area contributed by atoms with Gasteiger partial charge in [0.1, 0.15) is 0 Å². The number of aryl methyl sites for hydroxylation is 2. The van der Waals surface area contributed by atoms with Crippen LogP contribution in [0.1, 0.15) is 31.2 Å². The Morgan fingerprint density at radius 3 is 2.76 bits per heavy atom. The molecule has 1 heterocycles. The molecule has 1 fully saturated rings. The Morgan fingerprint density at radius 1 is 1.53 bits per heavy atom. The molecule has 1 aliphatic carbocycles. The number of hydrogen-bond donors (Lipinski definition) is 0. The number of alkyl halides is 1. The van der Waals surface area contributed by atoms with Crippen LogP contribution in [0.5, 0.6) is 0 Å². The number of halogens is 1. The predicted octanol–water partition coefficient (Wildman–Crippen LogP) is 2.59. The quantitative estimate of drug-likeness (QED) is 0.779. The zero-order valence-electron chi connectivity index (χ0n) is 11.0. The van der Waals surface area contributed by atoms with E-state index in [0.717, 1.165) is 23.7 Å². The number of nitrogens with zero attached hydrogens (tertiary/aromatic N) is 3. The molecule has 0 saturated heterocycles. The van der Waals surface area contributed by atoms with Crippen LogP contribution in [-0.2, 0) is 20.0 Å². The van der Waals surface area contributed by atoms with Gasteiger partial charge in [0, 0.05) is 25.0 Å². The van der Waals surface area contributed by atoms with Crippen molar-refractivity contribution in [2.75, 3.05) is 13.6 Å². The molecule has 0 unspecified atom stereocenters. The predicted molar refractivity (Wildman–Crippen MR) is 74.4 cm³/mol. The summed E-state index contributed by atoms with van der Waals surface area (Å²) in [6.07, 6.45) is 3.68. The Morgan fingerprint density at radius 2 is 2.24 bits per heavy atom. The summed E-state index contributed by atoms with van der Waals surface area (Å²) in [6.45, 7) is 4.36. The Kier molecular flexibility index (Phi) is 4.26. The summed E-state index contributed by atoms with van der Waals surface area (Å²) < 4.78 is 2.02. The van der Waals surface area contributed by atoms with Crippen LogP contribution in [0.3, 0.4) is 0 Å². The van der Waals surface area contributed by atoms with E-state index in [0.29, 0.717) is 0 Å². The highest BCUT2D eigenvalue weighted by molar-refractivity contribution is 9.09. The maximum Gasteiger partial charge on any atom is 0.0625 e. The highest BCUT2D eigenvalue weighted by Gasteiger charge is 2.27. The average molecular weight is 300 g/mol. The van der Waals surface area contributed by atoms with E-state index in [2.05, 4.69) is 46.0 Å². The smallest absolute Gasteiger partial charge is 0.0625 e. The molecule has 0 spiro atoms. The van der Waals surface area contributed by atoms with Crippen molar-refractivity contribution in [3.8, 4) is 0 Å². The van der Waals surface area contributed by atoms with Crippen molar-refractivity contribution in [2.45, 2.75) is 37.6 Å². The normalized spacial score (nSPS) is 24.1. The van der Waals surface area contributed by atoms with Gasteiger partial charge in [-0.3, -0.25) is 4.68 Å². The van der Waals surface area contributed by atoms with Gasteiger partial charge in [-0.2, -0.15) is 5.10 Å². The van der Waals surface area contributed by atoms with Gasteiger partial charge in [0.2, 0.25) is 0 Å². The van der Waals surface area contributed by atoms with E-state index in [1.165, 1.54) is 30.8 Å². The molecule has 1 aromatic heterocycles. The number of aromatic nitrogens is 2. The van der Waals surface area contributed by atoms with E-state index in [1.54, 1.807) is 0 Å². The van der Waals surface area contributed by atoms with E-state index in [4.69, 9.17) is 0 Å². The van der Waals surface area contributed by atoms with Gasteiger partial charge in [0.15, 0.2) is 0 Å². The van der Waals surface area contributed by atoms with Gasteiger partial charge in [-0.05, 0) is 38.3 Å². The third-order valence-electron chi connectivity index (χ3n) is 3.57. The second-order valence-electron chi connectivity index (χ2n) is 5.24. The standard InChI is InChI=1S/C13H22BrN3/c1-4-12-7-13(17(3)15-12)9-16(2)8-10-5-11(14)6-10/h7,10-11H,4-6,8-9H2,1-3H3. The molecule has 0 aromatic carbocycles. The van der Waals surface area contributed by atoms with Crippen molar-refractivity contribution in [1.29, 1.82) is 0 Å². The Bertz CT molecular complexity index is 369. The molecule has 1 aliphatic rings. The summed E-state index contributed by atoms with van der Waals surface area (Å²) >= 11 is 3.65. The fourth-order valence-corrected chi connectivity index (χ4v) is 3.53. The third-order valence-corrected chi connectivity index (χ3v) is 4.32. The second-order valence-corrected chi connectivity index (χ2v) is 6.53. The van der Waals surface area contributed by atoms with Gasteiger partial charge in [-0.25, -0.2) is 0 Å². The summed E-state index contributed by atoms with van der Waals surface area (Å²) in [5.41, 5.74) is 2.51. The molecule has 96 valence electrons. The van der Waals surface area contributed by atoms with Crippen molar-refractivity contribution in [2.24, 2.45) is 13.0 Å². The van der Waals surface area contributed by atoms with Crippen molar-refractivity contribution in [3.05, 3.63) is 17.5 Å². The number of hydrogen-bond acceptors (Lipinski definition) is 2. The first-order chi connectivity index (χ1) is 8.08. The van der Waals surface area contributed by atoms with E-state index >= 15 is 0 Å². The van der Waals surface area contributed by atoms with Crippen molar-refractivity contribution in [3.63, 3.8) is 0 Å². The van der Waals surface area contributed by atoms with Crippen molar-refractivity contribution >= 4 is 15.9 Å². The summed E-state index contributed by atoms with van der Waals surface area (Å²) in [5, 5.41) is 4.49. The molecule has 0 aliphatic heterocycles. The molecule has 1 saturated carbocycles. The highest BCUT2D eigenvalue weighted by Crippen LogP contribution is 2.33. The average Bonchev–Trinajstić information content (AvgIpc) is 2.57. The minimum Gasteiger partial charge on any atom is -0.300 e. The fourth-order valence-electron chi connectivity index (χ4n) is 2.48. The van der Waals surface area contributed by atoms with Crippen molar-refractivity contribution in [1.82, 2.24) is 14.7 Å². The third kappa shape index (κ3) is 3.32. The second kappa shape index (κ2) is 5.53. The number of rotatable bonds is 5. The van der Waals surface area contributed by atoms with E-state index in [1.807, 2.05) is 11.7 Å². The molecule has 3 nitrogen and oxygen atoms in total. The zero-order chi connectivity index (χ0) is 12.4. The van der Waals surface area contributed by atoms with Gasteiger partial charge >= 0.3 is 0 Å². The van der Waals surface area contributed by atoms with Crippen LogP contribution in [0.4, 0.5) is 0 Å². The van der Waals surface area contributed by atoms with Gasteiger partial charge in [0.25, 0.3) is 0 Å². The van der Waals surface area contributed by atoms with E-state index in [9.17, 15) is 0 Å². The maximum atomic E-state index is 4.49. The molecular formula is C13H22BrN3. The van der Waals surface area contributed by atoms with Crippen LogP contribution in [0, 0.1) is 5.92 Å². The first-order valence-electron chi connectivity index (χ1n) is 6.43. The summed E-state index contributed by atoms with van der Waals surface area (Å²) in [5.74, 6) is 0.878. The largest absolute Gasteiger partial charge is 0.300 e. The van der Waals surface area contributed by atoms with Crippen LogP contribution >= 0.6 is 15.9 Å². The molecule has 1 aromatic rings. The van der Waals surface area contributed by atoms with Crippen LogP contribution in [0.25, 0.3) is 0 Å². The van der Waals surface area contributed by atoms with Gasteiger partial charge in [-0.1, -0.05) is 22.9 Å². The van der Waals surface area contributed by atoms with Gasteiger partial charge in [0.05, 0.1) is 11.4 Å². The molecule has 0 N–H and O–H groups in total. The van der Waals surface area contributed by atoms with Crippen LogP contribution in [0.15, 0.2) is 6.07 Å². The monoisotopic (exact) mass is 299 g/mol. The molecule has 2 rings (SSSR count). The first kappa shape index (κ1) is 13.1. The lowest BCUT2D eigenvalue weighted by Gasteiger charge is -2.34. The summed E-state index contributed by atoms with van der Waals surface area (Å²) in [4.78, 5) is 3.18. The minimum absolute atomic E-state index is 0.768. The Hall–Kier alpha value is -0.350. The lowest BCUT2D eigenvalue weighted by atomic mass is 9.85. The summed E-state index contributed by atoms with van der Waals surface area (Å²) in [7, 11) is 4.25. The summed E-state index contributed by atoms with van der Waals surface area (Å²) in [6, 6.07) is 2.23. The van der Waals surface area contributed by atoms with E-state index < -0.39 is 0 Å². The zero-order valence-corrected chi connectivity index (χ0v) is 12.6. The SMILES string of the molecule is CCc1cc(CN(C)CC2CC(Br)C2)n(C)n1. The highest BCUT2D eigenvalue weighted by atomic mass is 79.9. The van der Waals surface area contributed by atoms with Gasteiger partial charge in [-0.15, -0.1) is 0 Å². The molecule has 0 radical (unpaired) electrons. The van der Waals surface area contributed by atoms with Gasteiger partial charge < -0.3 is 4.90 Å². The fraction of sp³-hybridized carbons (Fsp3) is 0.769.